The summed E-state index contributed by atoms with van der Waals surface area (Å²) in [6, 6.07) is 0. The van der Waals surface area contributed by atoms with Gasteiger partial charge >= 0.3 is 5.97 Å². The zero-order valence-corrected chi connectivity index (χ0v) is 10.2. The van der Waals surface area contributed by atoms with Gasteiger partial charge in [0.15, 0.2) is 0 Å². The number of aromatic amines is 1. The van der Waals surface area contributed by atoms with Crippen molar-refractivity contribution in [2.75, 3.05) is 18.5 Å². The van der Waals surface area contributed by atoms with Crippen LogP contribution in [0.2, 0.25) is 0 Å². The van der Waals surface area contributed by atoms with E-state index in [1.165, 1.54) is 6.20 Å². The van der Waals surface area contributed by atoms with E-state index < -0.39 is 24.9 Å². The number of halogens is 2. The van der Waals surface area contributed by atoms with Crippen LogP contribution in [0.4, 0.5) is 14.5 Å². The fourth-order valence-corrected chi connectivity index (χ4v) is 1.45. The highest BCUT2D eigenvalue weighted by atomic mass is 19.3. The van der Waals surface area contributed by atoms with Gasteiger partial charge in [0.05, 0.1) is 18.7 Å². The minimum atomic E-state index is -2.58. The van der Waals surface area contributed by atoms with Crippen LogP contribution >= 0.6 is 0 Å². The van der Waals surface area contributed by atoms with E-state index in [1.807, 2.05) is 0 Å². The molecule has 0 aliphatic carbocycles. The molecule has 1 rings (SSSR count). The SMILES string of the molecule is Cc1[nH]cc(NC(=O)CCOCC(F)F)c1C(=O)O. The van der Waals surface area contributed by atoms with Crippen molar-refractivity contribution in [3.05, 3.63) is 17.5 Å². The zero-order chi connectivity index (χ0) is 14.4. The van der Waals surface area contributed by atoms with E-state index in [4.69, 9.17) is 5.11 Å². The molecule has 0 fully saturated rings. The van der Waals surface area contributed by atoms with Crippen LogP contribution in [0.15, 0.2) is 6.20 Å². The van der Waals surface area contributed by atoms with Gasteiger partial charge in [-0.15, -0.1) is 0 Å². The molecule has 0 unspecified atom stereocenters. The van der Waals surface area contributed by atoms with Crippen molar-refractivity contribution in [1.29, 1.82) is 0 Å². The van der Waals surface area contributed by atoms with Crippen LogP contribution in [-0.4, -0.2) is 41.6 Å². The van der Waals surface area contributed by atoms with Crippen LogP contribution in [0.3, 0.4) is 0 Å². The second-order valence-corrected chi connectivity index (χ2v) is 3.77. The summed E-state index contributed by atoms with van der Waals surface area (Å²) in [6.45, 7) is 0.684. The standard InChI is InChI=1S/C11H14F2N2O4/c1-6-10(11(17)18)7(4-14-6)15-9(16)2-3-19-5-8(12)13/h4,8,14H,2-3,5H2,1H3,(H,15,16)(H,17,18). The molecule has 0 aliphatic heterocycles. The number of aromatic nitrogens is 1. The minimum Gasteiger partial charge on any atom is -0.478 e. The molecule has 3 N–H and O–H groups in total. The Bertz CT molecular complexity index is 460. The van der Waals surface area contributed by atoms with Gasteiger partial charge in [0.25, 0.3) is 6.43 Å². The van der Waals surface area contributed by atoms with Crippen molar-refractivity contribution in [1.82, 2.24) is 4.98 Å². The number of carbonyl (C=O) groups is 2. The number of nitrogens with one attached hydrogen (secondary N) is 2. The maximum Gasteiger partial charge on any atom is 0.339 e. The number of aromatic carboxylic acids is 1. The van der Waals surface area contributed by atoms with E-state index in [1.54, 1.807) is 6.92 Å². The smallest absolute Gasteiger partial charge is 0.339 e. The number of ether oxygens (including phenoxy) is 1. The first-order valence-corrected chi connectivity index (χ1v) is 5.48. The van der Waals surface area contributed by atoms with Gasteiger partial charge in [0.1, 0.15) is 12.2 Å². The molecule has 0 radical (unpaired) electrons. The number of carbonyl (C=O) groups excluding carboxylic acids is 1. The van der Waals surface area contributed by atoms with Crippen molar-refractivity contribution in [3.8, 4) is 0 Å². The topological polar surface area (TPSA) is 91.4 Å². The van der Waals surface area contributed by atoms with E-state index in [-0.39, 0.29) is 24.3 Å². The molecule has 0 saturated heterocycles. The molecule has 0 saturated carbocycles. The first-order valence-electron chi connectivity index (χ1n) is 5.48. The fourth-order valence-electron chi connectivity index (χ4n) is 1.45. The van der Waals surface area contributed by atoms with E-state index in [0.717, 1.165) is 0 Å². The first kappa shape index (κ1) is 15.1. The summed E-state index contributed by atoms with van der Waals surface area (Å²) in [6.07, 6.45) is -1.35. The van der Waals surface area contributed by atoms with Crippen molar-refractivity contribution in [2.24, 2.45) is 0 Å². The van der Waals surface area contributed by atoms with E-state index in [9.17, 15) is 18.4 Å². The van der Waals surface area contributed by atoms with E-state index in [0.29, 0.717) is 5.69 Å². The number of alkyl halides is 2. The lowest BCUT2D eigenvalue weighted by Gasteiger charge is -2.05. The highest BCUT2D eigenvalue weighted by Gasteiger charge is 2.16. The quantitative estimate of drug-likeness (QED) is 0.660. The van der Waals surface area contributed by atoms with Gasteiger partial charge in [-0.25, -0.2) is 13.6 Å². The maximum absolute atomic E-state index is 11.8. The Morgan fingerprint density at radius 1 is 1.53 bits per heavy atom. The second kappa shape index (κ2) is 6.83. The predicted molar refractivity (Wildman–Crippen MR) is 62.6 cm³/mol. The Morgan fingerprint density at radius 3 is 2.79 bits per heavy atom. The molecule has 0 aliphatic rings. The van der Waals surface area contributed by atoms with Crippen LogP contribution < -0.4 is 5.32 Å². The lowest BCUT2D eigenvalue weighted by atomic mass is 10.2. The van der Waals surface area contributed by atoms with Crippen molar-refractivity contribution < 1.29 is 28.2 Å². The number of amides is 1. The van der Waals surface area contributed by atoms with Gasteiger partial charge in [0, 0.05) is 11.9 Å². The fraction of sp³-hybridized carbons (Fsp3) is 0.455. The Morgan fingerprint density at radius 2 is 2.21 bits per heavy atom. The van der Waals surface area contributed by atoms with Gasteiger partial charge in [-0.2, -0.15) is 0 Å². The Hall–Kier alpha value is -1.96. The monoisotopic (exact) mass is 276 g/mol. The van der Waals surface area contributed by atoms with Crippen molar-refractivity contribution in [2.45, 2.75) is 19.8 Å². The summed E-state index contributed by atoms with van der Waals surface area (Å²) in [7, 11) is 0. The number of carboxylic acid groups (broad SMARTS) is 1. The summed E-state index contributed by atoms with van der Waals surface area (Å²) < 4.78 is 28.1. The van der Waals surface area contributed by atoms with Gasteiger partial charge < -0.3 is 20.1 Å². The number of hydrogen-bond donors (Lipinski definition) is 3. The first-order chi connectivity index (χ1) is 8.91. The number of anilines is 1. The van der Waals surface area contributed by atoms with Crippen molar-refractivity contribution >= 4 is 17.6 Å². The van der Waals surface area contributed by atoms with Crippen LogP contribution in [0.1, 0.15) is 22.5 Å². The molecule has 19 heavy (non-hydrogen) atoms. The molecule has 0 spiro atoms. The third-order valence-electron chi connectivity index (χ3n) is 2.28. The molecular formula is C11H14F2N2O4. The molecule has 106 valence electrons. The summed E-state index contributed by atoms with van der Waals surface area (Å²) in [5.74, 6) is -1.67. The molecular weight excluding hydrogens is 262 g/mol. The van der Waals surface area contributed by atoms with Gasteiger partial charge in [0.2, 0.25) is 5.91 Å². The summed E-state index contributed by atoms with van der Waals surface area (Å²) in [5.41, 5.74) is 0.530. The van der Waals surface area contributed by atoms with Crippen molar-refractivity contribution in [3.63, 3.8) is 0 Å². The van der Waals surface area contributed by atoms with Crippen LogP contribution in [0.5, 0.6) is 0 Å². The molecule has 1 amide bonds. The third kappa shape index (κ3) is 4.66. The molecule has 0 bridgehead atoms. The Balaban J connectivity index is 2.47. The number of rotatable bonds is 7. The molecule has 1 heterocycles. The minimum absolute atomic E-state index is 0.0261. The summed E-state index contributed by atoms with van der Waals surface area (Å²) >= 11 is 0. The van der Waals surface area contributed by atoms with E-state index >= 15 is 0 Å². The average Bonchev–Trinajstić information content (AvgIpc) is 2.65. The largest absolute Gasteiger partial charge is 0.478 e. The number of H-pyrrole nitrogens is 1. The Kier molecular flexibility index (Phi) is 5.43. The normalized spacial score (nSPS) is 10.7. The average molecular weight is 276 g/mol. The molecule has 8 heteroatoms. The van der Waals surface area contributed by atoms with Gasteiger partial charge in [-0.1, -0.05) is 0 Å². The summed E-state index contributed by atoms with van der Waals surface area (Å²) in [4.78, 5) is 25.1. The highest BCUT2D eigenvalue weighted by molar-refractivity contribution is 6.01. The van der Waals surface area contributed by atoms with Crippen LogP contribution in [0, 0.1) is 6.92 Å². The number of hydrogen-bond acceptors (Lipinski definition) is 3. The van der Waals surface area contributed by atoms with Crippen LogP contribution in [0.25, 0.3) is 0 Å². The van der Waals surface area contributed by atoms with Gasteiger partial charge in [-0.05, 0) is 6.92 Å². The third-order valence-corrected chi connectivity index (χ3v) is 2.28. The predicted octanol–water partition coefficient (Wildman–Crippen LogP) is 1.63. The van der Waals surface area contributed by atoms with Crippen LogP contribution in [-0.2, 0) is 9.53 Å². The maximum atomic E-state index is 11.8. The zero-order valence-electron chi connectivity index (χ0n) is 10.2. The molecule has 1 aromatic heterocycles. The molecule has 1 aromatic rings. The lowest BCUT2D eigenvalue weighted by molar-refractivity contribution is -0.117. The lowest BCUT2D eigenvalue weighted by Crippen LogP contribution is -2.17. The molecule has 0 aromatic carbocycles. The Labute approximate surface area is 107 Å². The second-order valence-electron chi connectivity index (χ2n) is 3.77. The van der Waals surface area contributed by atoms with Gasteiger partial charge in [-0.3, -0.25) is 4.79 Å². The molecule has 6 nitrogen and oxygen atoms in total. The van der Waals surface area contributed by atoms with E-state index in [2.05, 4.69) is 15.0 Å². The highest BCUT2D eigenvalue weighted by Crippen LogP contribution is 2.19. The summed E-state index contributed by atoms with van der Waals surface area (Å²) in [5, 5.41) is 11.3. The number of aryl methyl sites for hydroxylation is 1. The molecule has 0 atom stereocenters. The number of carboxylic acids is 1.